The summed E-state index contributed by atoms with van der Waals surface area (Å²) >= 11 is 0. The number of hydrogen-bond acceptors (Lipinski definition) is 6. The summed E-state index contributed by atoms with van der Waals surface area (Å²) in [6, 6.07) is 14.6. The molecular weight excluding hydrogens is 434 g/mol. The van der Waals surface area contributed by atoms with Crippen LogP contribution in [0.3, 0.4) is 0 Å². The first-order valence-corrected chi connectivity index (χ1v) is 11.7. The molecule has 1 aromatic heterocycles. The fourth-order valence-corrected chi connectivity index (χ4v) is 4.65. The van der Waals surface area contributed by atoms with E-state index in [9.17, 15) is 0 Å². The Morgan fingerprint density at radius 2 is 1.73 bits per heavy atom. The highest BCUT2D eigenvalue weighted by atomic mass is 35.5. The molecule has 2 aromatic carbocycles. The summed E-state index contributed by atoms with van der Waals surface area (Å²) < 4.78 is 0. The van der Waals surface area contributed by atoms with E-state index in [4.69, 9.17) is 14.8 Å². The van der Waals surface area contributed by atoms with E-state index >= 15 is 0 Å². The topological polar surface area (TPSA) is 53.9 Å². The van der Waals surface area contributed by atoms with Crippen molar-refractivity contribution < 1.29 is 4.84 Å². The second-order valence-corrected chi connectivity index (χ2v) is 9.02. The number of aromatic nitrogens is 2. The van der Waals surface area contributed by atoms with Crippen molar-refractivity contribution in [3.8, 4) is 11.3 Å². The first-order valence-electron chi connectivity index (χ1n) is 11.7. The summed E-state index contributed by atoms with van der Waals surface area (Å²) in [5, 5.41) is 4.51. The summed E-state index contributed by atoms with van der Waals surface area (Å²) in [5.41, 5.74) is 7.82. The molecule has 174 valence electrons. The molecule has 1 saturated heterocycles. The van der Waals surface area contributed by atoms with Crippen LogP contribution in [0.15, 0.2) is 47.6 Å². The number of rotatable bonds is 7. The molecule has 2 heterocycles. The van der Waals surface area contributed by atoms with Crippen LogP contribution in [0, 0.1) is 0 Å². The number of halogens is 1. The third-order valence-electron chi connectivity index (χ3n) is 6.28. The van der Waals surface area contributed by atoms with Gasteiger partial charge in [0.25, 0.3) is 0 Å². The van der Waals surface area contributed by atoms with Gasteiger partial charge in [-0.05, 0) is 58.1 Å². The first-order chi connectivity index (χ1) is 15.7. The fraction of sp³-hybridized carbons (Fsp3) is 0.423. The average molecular weight is 466 g/mol. The Balaban J connectivity index is 0.00000259. The Hall–Kier alpha value is -2.54. The van der Waals surface area contributed by atoms with Crippen LogP contribution in [0.25, 0.3) is 22.3 Å². The van der Waals surface area contributed by atoms with Crippen molar-refractivity contribution in [2.75, 3.05) is 40.3 Å². The maximum atomic E-state index is 5.70. The van der Waals surface area contributed by atoms with Crippen LogP contribution in [0.1, 0.15) is 42.5 Å². The molecule has 0 unspecified atom stereocenters. The number of oxime groups is 1. The summed E-state index contributed by atoms with van der Waals surface area (Å²) in [4.78, 5) is 20.6. The quantitative estimate of drug-likeness (QED) is 0.291. The number of benzene rings is 2. The maximum Gasteiger partial charge on any atom is 0.138 e. The molecule has 33 heavy (non-hydrogen) atoms. The maximum absolute atomic E-state index is 5.70. The highest BCUT2D eigenvalue weighted by molar-refractivity contribution is 6.23. The van der Waals surface area contributed by atoms with Gasteiger partial charge in [0.05, 0.1) is 16.7 Å². The zero-order valence-electron chi connectivity index (χ0n) is 19.5. The molecule has 7 heteroatoms. The van der Waals surface area contributed by atoms with Gasteiger partial charge in [-0.15, -0.1) is 12.4 Å². The van der Waals surface area contributed by atoms with Gasteiger partial charge < -0.3 is 9.74 Å². The molecule has 0 radical (unpaired) electrons. The van der Waals surface area contributed by atoms with Gasteiger partial charge in [0.15, 0.2) is 0 Å². The smallest absolute Gasteiger partial charge is 0.138 e. The molecule has 0 bridgehead atoms. The van der Waals surface area contributed by atoms with Crippen molar-refractivity contribution in [3.05, 3.63) is 59.3 Å². The van der Waals surface area contributed by atoms with E-state index < -0.39 is 0 Å². The van der Waals surface area contributed by atoms with Crippen LogP contribution in [0.2, 0.25) is 0 Å². The number of likely N-dealkylation sites (tertiary alicyclic amines) is 1. The molecule has 1 fully saturated rings. The molecule has 0 saturated carbocycles. The second-order valence-electron chi connectivity index (χ2n) is 9.02. The number of nitrogens with zero attached hydrogens (tertiary/aromatic N) is 5. The highest BCUT2D eigenvalue weighted by Crippen LogP contribution is 2.36. The minimum Gasteiger partial charge on any atom is -0.395 e. The molecule has 6 nitrogen and oxygen atoms in total. The zero-order chi connectivity index (χ0) is 21.9. The Morgan fingerprint density at radius 3 is 2.52 bits per heavy atom. The predicted octanol–water partition coefficient (Wildman–Crippen LogP) is 4.74. The average Bonchev–Trinajstić information content (AvgIpc) is 3.11. The van der Waals surface area contributed by atoms with Gasteiger partial charge in [0, 0.05) is 24.2 Å². The van der Waals surface area contributed by atoms with Crippen molar-refractivity contribution in [2.24, 2.45) is 5.16 Å². The summed E-state index contributed by atoms with van der Waals surface area (Å²) in [6.45, 7) is 4.82. The van der Waals surface area contributed by atoms with E-state index in [1.807, 2.05) is 6.07 Å². The number of piperidine rings is 1. The van der Waals surface area contributed by atoms with Crippen molar-refractivity contribution in [1.29, 1.82) is 0 Å². The molecule has 1 aliphatic carbocycles. The number of para-hydroxylation sites is 1. The van der Waals surface area contributed by atoms with E-state index in [1.165, 1.54) is 37.9 Å². The zero-order valence-corrected chi connectivity index (χ0v) is 20.3. The van der Waals surface area contributed by atoms with Gasteiger partial charge in [0.1, 0.15) is 18.0 Å². The number of hydrogen-bond donors (Lipinski definition) is 0. The molecule has 3 aromatic rings. The first kappa shape index (κ1) is 23.6. The van der Waals surface area contributed by atoms with E-state index in [0.29, 0.717) is 6.61 Å². The Bertz CT molecular complexity index is 1140. The Kier molecular flexibility index (Phi) is 7.58. The molecule has 2 aliphatic rings. The van der Waals surface area contributed by atoms with Crippen molar-refractivity contribution in [2.45, 2.75) is 32.2 Å². The minimum absolute atomic E-state index is 0. The van der Waals surface area contributed by atoms with Crippen molar-refractivity contribution in [1.82, 2.24) is 19.8 Å². The highest BCUT2D eigenvalue weighted by Gasteiger charge is 2.29. The van der Waals surface area contributed by atoms with Gasteiger partial charge in [-0.3, -0.25) is 4.90 Å². The van der Waals surface area contributed by atoms with Gasteiger partial charge in [-0.2, -0.15) is 0 Å². The SMILES string of the molecule is CN(C)CCCO/N=C1\c2ccccc2-c2nc3c(CN4CCCCC4)cccc3nc21.Cl. The fourth-order valence-electron chi connectivity index (χ4n) is 4.65. The van der Waals surface area contributed by atoms with Crippen molar-refractivity contribution in [3.63, 3.8) is 0 Å². The molecule has 0 atom stereocenters. The summed E-state index contributed by atoms with van der Waals surface area (Å²) in [7, 11) is 4.13. The van der Waals surface area contributed by atoms with Gasteiger partial charge in [-0.25, -0.2) is 9.97 Å². The van der Waals surface area contributed by atoms with Gasteiger partial charge >= 0.3 is 0 Å². The molecular formula is C26H32ClN5O. The lowest BCUT2D eigenvalue weighted by Gasteiger charge is -2.26. The van der Waals surface area contributed by atoms with Crippen LogP contribution in [0.4, 0.5) is 0 Å². The standard InChI is InChI=1S/C26H31N5O.ClH/c1-30(2)14-9-17-32-29-25-21-12-5-4-11-20(21)24-26(25)27-22-13-8-10-19(23(22)28-24)18-31-15-6-3-7-16-31;/h4-5,8,10-13H,3,6-7,9,14-18H2,1-2H3;1H/b29-25+;. The van der Waals surface area contributed by atoms with E-state index in [1.54, 1.807) is 0 Å². The monoisotopic (exact) mass is 465 g/mol. The van der Waals surface area contributed by atoms with Crippen molar-refractivity contribution >= 4 is 29.2 Å². The molecule has 0 amide bonds. The molecule has 0 N–H and O–H groups in total. The molecule has 1 aliphatic heterocycles. The lowest BCUT2D eigenvalue weighted by Crippen LogP contribution is -2.29. The van der Waals surface area contributed by atoms with Gasteiger partial charge in [0.2, 0.25) is 0 Å². The van der Waals surface area contributed by atoms with Crippen LogP contribution in [-0.4, -0.2) is 65.8 Å². The lowest BCUT2D eigenvalue weighted by molar-refractivity contribution is 0.135. The lowest BCUT2D eigenvalue weighted by atomic mass is 10.1. The van der Waals surface area contributed by atoms with Gasteiger partial charge in [-0.1, -0.05) is 48.0 Å². The second kappa shape index (κ2) is 10.6. The Labute approximate surface area is 202 Å². The third kappa shape index (κ3) is 5.03. The third-order valence-corrected chi connectivity index (χ3v) is 6.28. The molecule has 5 rings (SSSR count). The van der Waals surface area contributed by atoms with E-state index in [0.717, 1.165) is 58.8 Å². The predicted molar refractivity (Wildman–Crippen MR) is 136 cm³/mol. The van der Waals surface area contributed by atoms with E-state index in [-0.39, 0.29) is 12.4 Å². The minimum atomic E-state index is 0. The van der Waals surface area contributed by atoms with Crippen LogP contribution in [0.5, 0.6) is 0 Å². The summed E-state index contributed by atoms with van der Waals surface area (Å²) in [6.07, 6.45) is 4.85. The Morgan fingerprint density at radius 1 is 0.939 bits per heavy atom. The van der Waals surface area contributed by atoms with Crippen LogP contribution < -0.4 is 0 Å². The van der Waals surface area contributed by atoms with E-state index in [2.05, 4.69) is 65.4 Å². The largest absolute Gasteiger partial charge is 0.395 e. The normalized spacial score (nSPS) is 16.6. The molecule has 0 spiro atoms. The summed E-state index contributed by atoms with van der Waals surface area (Å²) in [5.74, 6) is 0. The van der Waals surface area contributed by atoms with Crippen LogP contribution in [-0.2, 0) is 11.4 Å². The van der Waals surface area contributed by atoms with Crippen LogP contribution >= 0.6 is 12.4 Å². The number of fused-ring (bicyclic) bond motifs is 4.